The van der Waals surface area contributed by atoms with Gasteiger partial charge in [-0.05, 0) is 30.5 Å². The Morgan fingerprint density at radius 2 is 2.11 bits per heavy atom. The molecule has 0 unspecified atom stereocenters. The van der Waals surface area contributed by atoms with Gasteiger partial charge in [-0.3, -0.25) is 0 Å². The van der Waals surface area contributed by atoms with Crippen molar-refractivity contribution in [2.24, 2.45) is 7.05 Å². The molecule has 7 heteroatoms. The Labute approximate surface area is 116 Å². The van der Waals surface area contributed by atoms with Gasteiger partial charge in [0.15, 0.2) is 0 Å². The zero-order chi connectivity index (χ0) is 13.2. The van der Waals surface area contributed by atoms with Crippen LogP contribution in [0.5, 0.6) is 0 Å². The molecule has 1 aliphatic rings. The number of piperidine rings is 1. The van der Waals surface area contributed by atoms with Gasteiger partial charge in [-0.15, -0.1) is 10.2 Å². The molecule has 2 aromatic heterocycles. The minimum absolute atomic E-state index is 0.299. The molecule has 0 atom stereocenters. The summed E-state index contributed by atoms with van der Waals surface area (Å²) in [6.45, 7) is 1.90. The molecular formula is C12H15ClN6. The summed E-state index contributed by atoms with van der Waals surface area (Å²) < 4.78 is 2.00. The Balaban J connectivity index is 1.68. The lowest BCUT2D eigenvalue weighted by molar-refractivity contribution is 0.472. The first-order valence-corrected chi connectivity index (χ1v) is 6.69. The third-order valence-electron chi connectivity index (χ3n) is 3.54. The predicted molar refractivity (Wildman–Crippen MR) is 72.2 cm³/mol. The number of anilines is 1. The Morgan fingerprint density at radius 3 is 2.74 bits per heavy atom. The second-order valence-electron chi connectivity index (χ2n) is 4.75. The second kappa shape index (κ2) is 5.13. The molecule has 0 N–H and O–H groups in total. The smallest absolute Gasteiger partial charge is 0.224 e. The summed E-state index contributed by atoms with van der Waals surface area (Å²) >= 11 is 5.82. The largest absolute Gasteiger partial charge is 0.356 e. The van der Waals surface area contributed by atoms with Gasteiger partial charge >= 0.3 is 0 Å². The predicted octanol–water partition coefficient (Wildman–Crippen LogP) is 1.64. The van der Waals surface area contributed by atoms with Crippen LogP contribution in [0.15, 0.2) is 18.6 Å². The Kier molecular flexibility index (Phi) is 3.33. The number of hydrogen-bond acceptors (Lipinski definition) is 5. The highest BCUT2D eigenvalue weighted by molar-refractivity contribution is 6.28. The highest BCUT2D eigenvalue weighted by atomic mass is 35.5. The van der Waals surface area contributed by atoms with Gasteiger partial charge in [0, 0.05) is 32.3 Å². The van der Waals surface area contributed by atoms with E-state index in [1.807, 2.05) is 17.7 Å². The van der Waals surface area contributed by atoms with Gasteiger partial charge in [0.1, 0.15) is 18.0 Å². The van der Waals surface area contributed by atoms with Crippen molar-refractivity contribution in [2.45, 2.75) is 18.8 Å². The minimum atomic E-state index is 0.299. The average Bonchev–Trinajstić information content (AvgIpc) is 2.85. The van der Waals surface area contributed by atoms with Gasteiger partial charge in [-0.1, -0.05) is 0 Å². The van der Waals surface area contributed by atoms with Crippen molar-refractivity contribution in [3.8, 4) is 0 Å². The summed E-state index contributed by atoms with van der Waals surface area (Å²) in [6, 6.07) is 1.90. The van der Waals surface area contributed by atoms with E-state index in [2.05, 4.69) is 25.1 Å². The molecule has 0 saturated carbocycles. The van der Waals surface area contributed by atoms with Crippen LogP contribution < -0.4 is 4.90 Å². The Hall–Kier alpha value is -1.69. The van der Waals surface area contributed by atoms with E-state index in [0.29, 0.717) is 11.2 Å². The maximum absolute atomic E-state index is 5.82. The van der Waals surface area contributed by atoms with E-state index >= 15 is 0 Å². The molecule has 0 aliphatic carbocycles. The lowest BCUT2D eigenvalue weighted by atomic mass is 9.96. The molecule has 3 rings (SSSR count). The average molecular weight is 279 g/mol. The molecule has 0 radical (unpaired) electrons. The van der Waals surface area contributed by atoms with Crippen LogP contribution in [-0.2, 0) is 7.05 Å². The van der Waals surface area contributed by atoms with E-state index in [0.717, 1.165) is 37.6 Å². The standard InChI is InChI=1S/C12H15ClN6/c1-18-8-15-17-11(18)9-3-6-19(7-4-9)10-2-5-14-12(13)16-10/h2,5,8-9H,3-4,6-7H2,1H3. The maximum Gasteiger partial charge on any atom is 0.224 e. The van der Waals surface area contributed by atoms with Crippen molar-refractivity contribution in [3.05, 3.63) is 29.7 Å². The van der Waals surface area contributed by atoms with Crippen molar-refractivity contribution >= 4 is 17.4 Å². The number of rotatable bonds is 2. The summed E-state index contributed by atoms with van der Waals surface area (Å²) in [5.74, 6) is 2.44. The van der Waals surface area contributed by atoms with Crippen LogP contribution in [0, 0.1) is 0 Å². The summed E-state index contributed by atoms with van der Waals surface area (Å²) in [5.41, 5.74) is 0. The topological polar surface area (TPSA) is 59.7 Å². The van der Waals surface area contributed by atoms with Gasteiger partial charge in [0.2, 0.25) is 5.28 Å². The first-order chi connectivity index (χ1) is 9.24. The van der Waals surface area contributed by atoms with Gasteiger partial charge in [0.25, 0.3) is 0 Å². The van der Waals surface area contributed by atoms with Gasteiger partial charge in [0.05, 0.1) is 0 Å². The highest BCUT2D eigenvalue weighted by Crippen LogP contribution is 2.28. The van der Waals surface area contributed by atoms with E-state index in [-0.39, 0.29) is 0 Å². The van der Waals surface area contributed by atoms with Crippen molar-refractivity contribution in [3.63, 3.8) is 0 Å². The molecule has 0 spiro atoms. The third kappa shape index (κ3) is 2.53. The third-order valence-corrected chi connectivity index (χ3v) is 3.72. The van der Waals surface area contributed by atoms with Crippen LogP contribution in [0.25, 0.3) is 0 Å². The summed E-state index contributed by atoms with van der Waals surface area (Å²) in [4.78, 5) is 10.4. The number of hydrogen-bond donors (Lipinski definition) is 0. The van der Waals surface area contributed by atoms with E-state index in [1.165, 1.54) is 0 Å². The zero-order valence-corrected chi connectivity index (χ0v) is 11.5. The summed E-state index contributed by atoms with van der Waals surface area (Å²) in [5, 5.41) is 8.45. The SMILES string of the molecule is Cn1cnnc1C1CCN(c2ccnc(Cl)n2)CC1. The Morgan fingerprint density at radius 1 is 1.32 bits per heavy atom. The molecule has 6 nitrogen and oxygen atoms in total. The van der Waals surface area contributed by atoms with E-state index in [4.69, 9.17) is 11.6 Å². The van der Waals surface area contributed by atoms with Crippen LogP contribution >= 0.6 is 11.6 Å². The van der Waals surface area contributed by atoms with Crippen molar-refractivity contribution in [2.75, 3.05) is 18.0 Å². The quantitative estimate of drug-likeness (QED) is 0.782. The molecular weight excluding hydrogens is 264 g/mol. The van der Waals surface area contributed by atoms with Crippen molar-refractivity contribution in [1.29, 1.82) is 0 Å². The van der Waals surface area contributed by atoms with Crippen LogP contribution in [-0.4, -0.2) is 37.8 Å². The van der Waals surface area contributed by atoms with E-state index < -0.39 is 0 Å². The molecule has 100 valence electrons. The zero-order valence-electron chi connectivity index (χ0n) is 10.7. The summed E-state index contributed by atoms with van der Waals surface area (Å²) in [7, 11) is 1.99. The molecule has 1 saturated heterocycles. The minimum Gasteiger partial charge on any atom is -0.356 e. The molecule has 19 heavy (non-hydrogen) atoms. The highest BCUT2D eigenvalue weighted by Gasteiger charge is 2.24. The molecule has 3 heterocycles. The van der Waals surface area contributed by atoms with Crippen molar-refractivity contribution in [1.82, 2.24) is 24.7 Å². The normalized spacial score (nSPS) is 16.8. The fourth-order valence-corrected chi connectivity index (χ4v) is 2.67. The first-order valence-electron chi connectivity index (χ1n) is 6.31. The fraction of sp³-hybridized carbons (Fsp3) is 0.500. The molecule has 0 aromatic carbocycles. The summed E-state index contributed by atoms with van der Waals surface area (Å²) in [6.07, 6.45) is 5.55. The van der Waals surface area contributed by atoms with Crippen molar-refractivity contribution < 1.29 is 0 Å². The molecule has 2 aromatic rings. The number of aryl methyl sites for hydroxylation is 1. The number of aromatic nitrogens is 5. The van der Waals surface area contributed by atoms with Gasteiger partial charge in [-0.2, -0.15) is 0 Å². The van der Waals surface area contributed by atoms with Crippen LogP contribution in [0.3, 0.4) is 0 Å². The van der Waals surface area contributed by atoms with Crippen LogP contribution in [0.1, 0.15) is 24.6 Å². The first kappa shape index (κ1) is 12.3. The monoisotopic (exact) mass is 278 g/mol. The molecule has 0 amide bonds. The van der Waals surface area contributed by atoms with E-state index in [9.17, 15) is 0 Å². The number of nitrogens with zero attached hydrogens (tertiary/aromatic N) is 6. The lowest BCUT2D eigenvalue weighted by Gasteiger charge is -2.32. The molecule has 0 bridgehead atoms. The fourth-order valence-electron chi connectivity index (χ4n) is 2.53. The van der Waals surface area contributed by atoms with Gasteiger partial charge in [-0.25, -0.2) is 9.97 Å². The van der Waals surface area contributed by atoms with Crippen LogP contribution in [0.2, 0.25) is 5.28 Å². The lowest BCUT2D eigenvalue weighted by Crippen LogP contribution is -2.34. The van der Waals surface area contributed by atoms with E-state index in [1.54, 1.807) is 12.5 Å². The molecule has 1 aliphatic heterocycles. The van der Waals surface area contributed by atoms with Gasteiger partial charge < -0.3 is 9.47 Å². The Bertz CT molecular complexity index is 561. The number of halogens is 1. The molecule has 1 fully saturated rings. The second-order valence-corrected chi connectivity index (χ2v) is 5.08. The van der Waals surface area contributed by atoms with Crippen LogP contribution in [0.4, 0.5) is 5.82 Å². The maximum atomic E-state index is 5.82.